The Morgan fingerprint density at radius 2 is 1.83 bits per heavy atom. The summed E-state index contributed by atoms with van der Waals surface area (Å²) in [6.07, 6.45) is 1.72. The van der Waals surface area contributed by atoms with E-state index in [1.807, 2.05) is 46.2 Å². The van der Waals surface area contributed by atoms with E-state index in [4.69, 9.17) is 9.47 Å². The van der Waals surface area contributed by atoms with E-state index in [2.05, 4.69) is 16.0 Å². The maximum absolute atomic E-state index is 13.4. The largest absolute Gasteiger partial charge is 0.454 e. The Morgan fingerprint density at radius 1 is 1.03 bits per heavy atom. The highest BCUT2D eigenvalue weighted by Crippen LogP contribution is 2.33. The molecule has 4 heterocycles. The third kappa shape index (κ3) is 4.28. The SMILES string of the molecule is Cn1c(=O)c(N2CCC[C@H](C(=O)N3CCN(Cc4ccc5c(c4)OCO5)CC3)C2)nc2ccccc21. The number of carbonyl (C=O) groups excluding carboxylic acids is 1. The first-order valence-corrected chi connectivity index (χ1v) is 12.7. The molecule has 1 atom stereocenters. The molecule has 3 aliphatic rings. The molecule has 3 aliphatic heterocycles. The summed E-state index contributed by atoms with van der Waals surface area (Å²) in [5.41, 5.74) is 2.68. The Labute approximate surface area is 209 Å². The molecule has 0 spiro atoms. The molecule has 0 unspecified atom stereocenters. The maximum atomic E-state index is 13.4. The standard InChI is InChI=1S/C27H31N5O4/c1-29-22-7-3-2-6-21(22)28-25(27(29)34)32-10-4-5-20(17-32)26(33)31-13-11-30(12-14-31)16-19-8-9-23-24(15-19)36-18-35-23/h2-3,6-9,15,20H,4-5,10-14,16-18H2,1H3/t20-/m0/s1. The van der Waals surface area contributed by atoms with Crippen molar-refractivity contribution in [2.45, 2.75) is 19.4 Å². The lowest BCUT2D eigenvalue weighted by atomic mass is 9.96. The van der Waals surface area contributed by atoms with Crippen molar-refractivity contribution in [2.75, 3.05) is 51.0 Å². The van der Waals surface area contributed by atoms with Gasteiger partial charge in [-0.05, 0) is 42.7 Å². The summed E-state index contributed by atoms with van der Waals surface area (Å²) in [6, 6.07) is 13.8. The van der Waals surface area contributed by atoms with Crippen molar-refractivity contribution in [1.82, 2.24) is 19.4 Å². The van der Waals surface area contributed by atoms with Gasteiger partial charge in [0.25, 0.3) is 5.56 Å². The zero-order valence-corrected chi connectivity index (χ0v) is 20.6. The van der Waals surface area contributed by atoms with Crippen molar-refractivity contribution in [3.05, 3.63) is 58.4 Å². The molecule has 9 heteroatoms. The van der Waals surface area contributed by atoms with Crippen molar-refractivity contribution in [1.29, 1.82) is 0 Å². The van der Waals surface area contributed by atoms with Gasteiger partial charge in [0.15, 0.2) is 17.3 Å². The molecule has 2 fully saturated rings. The molecule has 188 valence electrons. The molecular weight excluding hydrogens is 458 g/mol. The molecule has 2 saturated heterocycles. The van der Waals surface area contributed by atoms with Crippen LogP contribution in [0.15, 0.2) is 47.3 Å². The van der Waals surface area contributed by atoms with E-state index in [0.29, 0.717) is 12.4 Å². The number of fused-ring (bicyclic) bond motifs is 2. The first-order chi connectivity index (χ1) is 17.6. The van der Waals surface area contributed by atoms with Crippen molar-refractivity contribution in [3.63, 3.8) is 0 Å². The fourth-order valence-corrected chi connectivity index (χ4v) is 5.52. The summed E-state index contributed by atoms with van der Waals surface area (Å²) in [7, 11) is 1.78. The van der Waals surface area contributed by atoms with Crippen LogP contribution >= 0.6 is 0 Å². The van der Waals surface area contributed by atoms with Crippen LogP contribution in [0, 0.1) is 5.92 Å². The fraction of sp³-hybridized carbons (Fsp3) is 0.444. The highest BCUT2D eigenvalue weighted by atomic mass is 16.7. The molecule has 1 amide bonds. The number of hydrogen-bond acceptors (Lipinski definition) is 7. The van der Waals surface area contributed by atoms with E-state index in [-0.39, 0.29) is 24.2 Å². The topological polar surface area (TPSA) is 80.1 Å². The van der Waals surface area contributed by atoms with Crippen LogP contribution in [0.25, 0.3) is 11.0 Å². The van der Waals surface area contributed by atoms with E-state index in [9.17, 15) is 9.59 Å². The number of benzene rings is 2. The lowest BCUT2D eigenvalue weighted by Crippen LogP contribution is -2.52. The van der Waals surface area contributed by atoms with Gasteiger partial charge in [0.05, 0.1) is 17.0 Å². The number of piperidine rings is 1. The van der Waals surface area contributed by atoms with Gasteiger partial charge in [0, 0.05) is 52.9 Å². The van der Waals surface area contributed by atoms with Crippen LogP contribution in [-0.2, 0) is 18.4 Å². The molecule has 2 aromatic carbocycles. The third-order valence-corrected chi connectivity index (χ3v) is 7.56. The summed E-state index contributed by atoms with van der Waals surface area (Å²) < 4.78 is 12.6. The number of anilines is 1. The molecule has 0 aliphatic carbocycles. The zero-order chi connectivity index (χ0) is 24.6. The predicted octanol–water partition coefficient (Wildman–Crippen LogP) is 2.22. The summed E-state index contributed by atoms with van der Waals surface area (Å²) >= 11 is 0. The summed E-state index contributed by atoms with van der Waals surface area (Å²) in [6.45, 7) is 5.50. The van der Waals surface area contributed by atoms with Gasteiger partial charge in [-0.1, -0.05) is 18.2 Å². The minimum atomic E-state index is -0.114. The Balaban J connectivity index is 1.09. The number of piperazine rings is 1. The Kier molecular flexibility index (Phi) is 6.00. The van der Waals surface area contributed by atoms with Crippen LogP contribution < -0.4 is 19.9 Å². The molecule has 9 nitrogen and oxygen atoms in total. The highest BCUT2D eigenvalue weighted by Gasteiger charge is 2.32. The number of aromatic nitrogens is 2. The monoisotopic (exact) mass is 489 g/mol. The second-order valence-corrected chi connectivity index (χ2v) is 9.86. The number of para-hydroxylation sites is 2. The molecule has 6 rings (SSSR count). The number of amides is 1. The Bertz CT molecular complexity index is 1350. The average Bonchev–Trinajstić information content (AvgIpc) is 3.39. The molecule has 3 aromatic rings. The summed E-state index contributed by atoms with van der Waals surface area (Å²) in [5.74, 6) is 2.13. The first-order valence-electron chi connectivity index (χ1n) is 12.7. The van der Waals surface area contributed by atoms with E-state index in [1.165, 1.54) is 5.56 Å². The van der Waals surface area contributed by atoms with Crippen molar-refractivity contribution in [2.24, 2.45) is 13.0 Å². The lowest BCUT2D eigenvalue weighted by Gasteiger charge is -2.39. The van der Waals surface area contributed by atoms with Gasteiger partial charge in [-0.3, -0.25) is 14.5 Å². The quantitative estimate of drug-likeness (QED) is 0.556. The van der Waals surface area contributed by atoms with E-state index in [0.717, 1.165) is 74.6 Å². The number of nitrogens with zero attached hydrogens (tertiary/aromatic N) is 5. The van der Waals surface area contributed by atoms with Crippen molar-refractivity contribution < 1.29 is 14.3 Å². The van der Waals surface area contributed by atoms with E-state index < -0.39 is 0 Å². The fourth-order valence-electron chi connectivity index (χ4n) is 5.52. The molecule has 0 radical (unpaired) electrons. The Hall–Kier alpha value is -3.59. The van der Waals surface area contributed by atoms with E-state index in [1.54, 1.807) is 11.6 Å². The number of rotatable bonds is 4. The summed E-state index contributed by atoms with van der Waals surface area (Å²) in [4.78, 5) is 37.5. The van der Waals surface area contributed by atoms with Gasteiger partial charge in [-0.15, -0.1) is 0 Å². The second-order valence-electron chi connectivity index (χ2n) is 9.86. The number of hydrogen-bond donors (Lipinski definition) is 0. The predicted molar refractivity (Wildman–Crippen MR) is 136 cm³/mol. The smallest absolute Gasteiger partial charge is 0.293 e. The van der Waals surface area contributed by atoms with Gasteiger partial charge in [0.1, 0.15) is 0 Å². The highest BCUT2D eigenvalue weighted by molar-refractivity contribution is 5.80. The van der Waals surface area contributed by atoms with Crippen LogP contribution in [0.2, 0.25) is 0 Å². The first kappa shape index (κ1) is 22.8. The minimum absolute atomic E-state index is 0.112. The van der Waals surface area contributed by atoms with E-state index >= 15 is 0 Å². The molecule has 0 N–H and O–H groups in total. The lowest BCUT2D eigenvalue weighted by molar-refractivity contribution is -0.137. The van der Waals surface area contributed by atoms with Gasteiger partial charge in [0.2, 0.25) is 12.7 Å². The second kappa shape index (κ2) is 9.46. The van der Waals surface area contributed by atoms with Gasteiger partial charge < -0.3 is 23.8 Å². The molecule has 0 bridgehead atoms. The van der Waals surface area contributed by atoms with Crippen LogP contribution in [0.3, 0.4) is 0 Å². The average molecular weight is 490 g/mol. The van der Waals surface area contributed by atoms with Crippen LogP contribution in [-0.4, -0.2) is 71.3 Å². The molecule has 36 heavy (non-hydrogen) atoms. The van der Waals surface area contributed by atoms with Gasteiger partial charge in [-0.25, -0.2) is 4.98 Å². The molecular formula is C27H31N5O4. The normalized spacial score (nSPS) is 20.2. The third-order valence-electron chi connectivity index (χ3n) is 7.56. The van der Waals surface area contributed by atoms with Crippen molar-refractivity contribution >= 4 is 22.8 Å². The zero-order valence-electron chi connectivity index (χ0n) is 20.6. The van der Waals surface area contributed by atoms with Crippen molar-refractivity contribution in [3.8, 4) is 11.5 Å². The van der Waals surface area contributed by atoms with Gasteiger partial charge >= 0.3 is 0 Å². The molecule has 0 saturated carbocycles. The Morgan fingerprint density at radius 3 is 2.69 bits per heavy atom. The molecule has 1 aromatic heterocycles. The van der Waals surface area contributed by atoms with Gasteiger partial charge in [-0.2, -0.15) is 0 Å². The number of aryl methyl sites for hydroxylation is 1. The maximum Gasteiger partial charge on any atom is 0.293 e. The number of ether oxygens (including phenoxy) is 2. The number of carbonyl (C=O) groups is 1. The van der Waals surface area contributed by atoms with Crippen LogP contribution in [0.1, 0.15) is 18.4 Å². The van der Waals surface area contributed by atoms with Crippen LogP contribution in [0.4, 0.5) is 5.82 Å². The van der Waals surface area contributed by atoms with Crippen LogP contribution in [0.5, 0.6) is 11.5 Å². The minimum Gasteiger partial charge on any atom is -0.454 e. The summed E-state index contributed by atoms with van der Waals surface area (Å²) in [5, 5.41) is 0.